The molecule has 1 heterocycles. The van der Waals surface area contributed by atoms with Crippen molar-refractivity contribution in [3.8, 4) is 0 Å². The highest BCUT2D eigenvalue weighted by Gasteiger charge is 2.26. The third kappa shape index (κ3) is 3.14. The van der Waals surface area contributed by atoms with E-state index < -0.39 is 22.0 Å². The van der Waals surface area contributed by atoms with Crippen molar-refractivity contribution in [1.82, 2.24) is 10.0 Å². The lowest BCUT2D eigenvalue weighted by Crippen LogP contribution is -2.36. The predicted molar refractivity (Wildman–Crippen MR) is 69.5 cm³/mol. The molecule has 0 spiro atoms. The molecular formula is C12H14N2O5S. The maximum Gasteiger partial charge on any atom is 0.337 e. The number of esters is 1. The number of sulfonamides is 1. The number of nitrogens with one attached hydrogen (secondary N) is 2. The number of carbonyl (C=O) groups excluding carboxylic acids is 2. The van der Waals surface area contributed by atoms with Gasteiger partial charge in [-0.3, -0.25) is 4.79 Å². The minimum atomic E-state index is -3.71. The number of rotatable bonds is 4. The average molecular weight is 298 g/mol. The fraction of sp³-hybridized carbons (Fsp3) is 0.333. The molecule has 0 aliphatic carbocycles. The molecule has 7 nitrogen and oxygen atoms in total. The molecule has 0 radical (unpaired) electrons. The van der Waals surface area contributed by atoms with Crippen molar-refractivity contribution in [3.05, 3.63) is 29.8 Å². The second-order valence-corrected chi connectivity index (χ2v) is 6.06. The molecule has 0 bridgehead atoms. The van der Waals surface area contributed by atoms with Crippen molar-refractivity contribution in [2.75, 3.05) is 13.7 Å². The van der Waals surface area contributed by atoms with Crippen molar-refractivity contribution < 1.29 is 22.7 Å². The highest BCUT2D eigenvalue weighted by Crippen LogP contribution is 2.13. The van der Waals surface area contributed by atoms with E-state index in [1.165, 1.54) is 31.4 Å². The molecule has 1 saturated heterocycles. The van der Waals surface area contributed by atoms with Gasteiger partial charge in [0.25, 0.3) is 0 Å². The third-order valence-corrected chi connectivity index (χ3v) is 4.42. The van der Waals surface area contributed by atoms with E-state index in [9.17, 15) is 18.0 Å². The van der Waals surface area contributed by atoms with E-state index in [0.29, 0.717) is 0 Å². The number of ether oxygens (including phenoxy) is 1. The number of hydrogen-bond donors (Lipinski definition) is 2. The molecular weight excluding hydrogens is 284 g/mol. The van der Waals surface area contributed by atoms with Crippen LogP contribution in [0.1, 0.15) is 16.8 Å². The third-order valence-electron chi connectivity index (χ3n) is 2.88. The first-order valence-corrected chi connectivity index (χ1v) is 7.38. The standard InChI is InChI=1S/C12H14N2O5S/c1-19-12(16)8-2-4-10(5-3-8)20(17,18)14-9-6-11(15)13-7-9/h2-5,9,14H,6-7H2,1H3,(H,13,15)/t9-/m1/s1. The minimum absolute atomic E-state index is 0.0319. The Kier molecular flexibility index (Phi) is 4.05. The normalized spacial score (nSPS) is 18.6. The van der Waals surface area contributed by atoms with Crippen molar-refractivity contribution in [3.63, 3.8) is 0 Å². The zero-order valence-electron chi connectivity index (χ0n) is 10.8. The van der Waals surface area contributed by atoms with Crippen LogP contribution in [0.3, 0.4) is 0 Å². The lowest BCUT2D eigenvalue weighted by atomic mass is 10.2. The first-order chi connectivity index (χ1) is 9.42. The van der Waals surface area contributed by atoms with E-state index in [4.69, 9.17) is 0 Å². The number of hydrogen-bond acceptors (Lipinski definition) is 5. The highest BCUT2D eigenvalue weighted by molar-refractivity contribution is 7.89. The molecule has 1 aromatic carbocycles. The van der Waals surface area contributed by atoms with E-state index in [-0.39, 0.29) is 29.3 Å². The molecule has 0 aromatic heterocycles. The first kappa shape index (κ1) is 14.5. The van der Waals surface area contributed by atoms with Crippen molar-refractivity contribution >= 4 is 21.9 Å². The summed E-state index contributed by atoms with van der Waals surface area (Å²) in [7, 11) is -2.46. The van der Waals surface area contributed by atoms with Crippen LogP contribution in [-0.2, 0) is 19.6 Å². The lowest BCUT2D eigenvalue weighted by molar-refractivity contribution is -0.119. The predicted octanol–water partition coefficient (Wildman–Crippen LogP) is -0.360. The Morgan fingerprint density at radius 1 is 1.35 bits per heavy atom. The molecule has 1 amide bonds. The maximum absolute atomic E-state index is 12.1. The van der Waals surface area contributed by atoms with Gasteiger partial charge in [0.1, 0.15) is 0 Å². The van der Waals surface area contributed by atoms with Gasteiger partial charge in [0.05, 0.1) is 17.6 Å². The molecule has 1 aliphatic heterocycles. The summed E-state index contributed by atoms with van der Waals surface area (Å²) in [5, 5.41) is 2.55. The average Bonchev–Trinajstić information content (AvgIpc) is 2.82. The van der Waals surface area contributed by atoms with E-state index >= 15 is 0 Å². The van der Waals surface area contributed by atoms with Gasteiger partial charge in [0, 0.05) is 19.0 Å². The second-order valence-electron chi connectivity index (χ2n) is 4.34. The summed E-state index contributed by atoms with van der Waals surface area (Å²) in [6.07, 6.45) is 0.124. The molecule has 20 heavy (non-hydrogen) atoms. The summed E-state index contributed by atoms with van der Waals surface area (Å²) in [6.45, 7) is 0.276. The SMILES string of the molecule is COC(=O)c1ccc(S(=O)(=O)N[C@H]2CNC(=O)C2)cc1. The van der Waals surface area contributed by atoms with Crippen molar-refractivity contribution in [1.29, 1.82) is 0 Å². The Bertz CT molecular complexity index is 624. The summed E-state index contributed by atoms with van der Waals surface area (Å²) in [5.74, 6) is -0.716. The van der Waals surface area contributed by atoms with Gasteiger partial charge in [-0.15, -0.1) is 0 Å². The molecule has 1 aliphatic rings. The molecule has 1 fully saturated rings. The Morgan fingerprint density at radius 3 is 2.50 bits per heavy atom. The van der Waals surface area contributed by atoms with E-state index in [1.54, 1.807) is 0 Å². The van der Waals surface area contributed by atoms with Crippen LogP contribution in [0.25, 0.3) is 0 Å². The molecule has 2 rings (SSSR count). The zero-order valence-corrected chi connectivity index (χ0v) is 11.6. The van der Waals surface area contributed by atoms with E-state index in [2.05, 4.69) is 14.8 Å². The summed E-state index contributed by atoms with van der Waals surface area (Å²) in [4.78, 5) is 22.3. The van der Waals surface area contributed by atoms with Crippen LogP contribution in [-0.4, -0.2) is 40.0 Å². The summed E-state index contributed by atoms with van der Waals surface area (Å²) in [5.41, 5.74) is 0.268. The topological polar surface area (TPSA) is 102 Å². The summed E-state index contributed by atoms with van der Waals surface area (Å²) < 4.78 is 31.1. The monoisotopic (exact) mass is 298 g/mol. The number of amides is 1. The number of carbonyl (C=O) groups is 2. The van der Waals surface area contributed by atoms with Crippen LogP contribution in [0, 0.1) is 0 Å². The zero-order chi connectivity index (χ0) is 14.8. The van der Waals surface area contributed by atoms with E-state index in [0.717, 1.165) is 0 Å². The van der Waals surface area contributed by atoms with Crippen LogP contribution >= 0.6 is 0 Å². The maximum atomic E-state index is 12.1. The molecule has 1 aromatic rings. The largest absolute Gasteiger partial charge is 0.465 e. The van der Waals surface area contributed by atoms with E-state index in [1.807, 2.05) is 0 Å². The van der Waals surface area contributed by atoms with Gasteiger partial charge in [-0.2, -0.15) is 0 Å². The Labute approximate surface area is 116 Å². The molecule has 0 unspecified atom stereocenters. The molecule has 1 atom stereocenters. The van der Waals surface area contributed by atoms with Gasteiger partial charge < -0.3 is 10.1 Å². The number of methoxy groups -OCH3 is 1. The minimum Gasteiger partial charge on any atom is -0.465 e. The van der Waals surface area contributed by atoms with Crippen molar-refractivity contribution in [2.24, 2.45) is 0 Å². The van der Waals surface area contributed by atoms with Crippen LogP contribution in [0.5, 0.6) is 0 Å². The fourth-order valence-corrected chi connectivity index (χ4v) is 3.10. The lowest BCUT2D eigenvalue weighted by Gasteiger charge is -2.11. The van der Waals surface area contributed by atoms with Crippen LogP contribution in [0.4, 0.5) is 0 Å². The molecule has 2 N–H and O–H groups in total. The summed E-state index contributed by atoms with van der Waals surface area (Å²) >= 11 is 0. The first-order valence-electron chi connectivity index (χ1n) is 5.90. The van der Waals surface area contributed by atoms with Crippen LogP contribution in [0.2, 0.25) is 0 Å². The van der Waals surface area contributed by atoms with Gasteiger partial charge in [0.15, 0.2) is 0 Å². The van der Waals surface area contributed by atoms with Crippen molar-refractivity contribution in [2.45, 2.75) is 17.4 Å². The molecule has 8 heteroatoms. The second kappa shape index (κ2) is 5.59. The quantitative estimate of drug-likeness (QED) is 0.739. The fourth-order valence-electron chi connectivity index (χ4n) is 1.86. The van der Waals surface area contributed by atoms with Crippen LogP contribution < -0.4 is 10.0 Å². The molecule has 0 saturated carbocycles. The summed E-state index contributed by atoms with van der Waals surface area (Å²) in [6, 6.07) is 4.93. The highest BCUT2D eigenvalue weighted by atomic mass is 32.2. The Morgan fingerprint density at radius 2 is 2.00 bits per heavy atom. The molecule has 108 valence electrons. The van der Waals surface area contributed by atoms with Gasteiger partial charge in [-0.25, -0.2) is 17.9 Å². The Hall–Kier alpha value is -1.93. The van der Waals surface area contributed by atoms with Gasteiger partial charge in [-0.05, 0) is 24.3 Å². The van der Waals surface area contributed by atoms with Gasteiger partial charge in [-0.1, -0.05) is 0 Å². The Balaban J connectivity index is 2.13. The number of benzene rings is 1. The van der Waals surface area contributed by atoms with Gasteiger partial charge in [0.2, 0.25) is 15.9 Å². The smallest absolute Gasteiger partial charge is 0.337 e. The van der Waals surface area contributed by atoms with Crippen LogP contribution in [0.15, 0.2) is 29.2 Å². The van der Waals surface area contributed by atoms with Gasteiger partial charge >= 0.3 is 5.97 Å².